The maximum absolute atomic E-state index is 5.43. The molecule has 3 N–H and O–H groups in total. The quantitative estimate of drug-likeness (QED) is 0.416. The van der Waals surface area contributed by atoms with Gasteiger partial charge in [-0.25, -0.2) is 0 Å². The molecule has 1 unspecified atom stereocenters. The van der Waals surface area contributed by atoms with Gasteiger partial charge in [0.2, 0.25) is 0 Å². The van der Waals surface area contributed by atoms with E-state index in [1.807, 2.05) is 5.38 Å². The van der Waals surface area contributed by atoms with Crippen LogP contribution in [0.4, 0.5) is 0 Å². The van der Waals surface area contributed by atoms with Crippen LogP contribution in [0.3, 0.4) is 0 Å². The molecule has 0 aliphatic carbocycles. The highest BCUT2D eigenvalue weighted by Crippen LogP contribution is 2.17. The maximum atomic E-state index is 5.43. The fourth-order valence-corrected chi connectivity index (χ4v) is 1.75. The van der Waals surface area contributed by atoms with Crippen molar-refractivity contribution in [2.24, 2.45) is 5.84 Å². The van der Waals surface area contributed by atoms with Crippen molar-refractivity contribution in [3.05, 3.63) is 11.1 Å². The smallest absolute Gasteiger partial charge is 0.0938 e. The van der Waals surface area contributed by atoms with Crippen LogP contribution in [0.5, 0.6) is 0 Å². The van der Waals surface area contributed by atoms with E-state index in [1.165, 1.54) is 30.8 Å². The predicted molar refractivity (Wildman–Crippen MR) is 54.1 cm³/mol. The summed E-state index contributed by atoms with van der Waals surface area (Å²) in [5.74, 6) is 5.43. The number of hydrogen-bond acceptors (Lipinski definition) is 5. The zero-order valence-electron chi connectivity index (χ0n) is 7.86. The van der Waals surface area contributed by atoms with Gasteiger partial charge in [-0.3, -0.25) is 11.3 Å². The molecule has 1 rings (SSSR count). The summed E-state index contributed by atoms with van der Waals surface area (Å²) in [6.45, 7) is 2.19. The van der Waals surface area contributed by atoms with E-state index in [0.717, 1.165) is 12.1 Å². The van der Waals surface area contributed by atoms with Crippen LogP contribution in [0.1, 0.15) is 44.3 Å². The second-order valence-corrected chi connectivity index (χ2v) is 3.65. The fourth-order valence-electron chi connectivity index (χ4n) is 1.24. The summed E-state index contributed by atoms with van der Waals surface area (Å²) in [7, 11) is 0. The molecular weight excluding hydrogens is 184 g/mol. The lowest BCUT2D eigenvalue weighted by Gasteiger charge is -2.11. The van der Waals surface area contributed by atoms with Crippen molar-refractivity contribution in [1.29, 1.82) is 0 Å². The Morgan fingerprint density at radius 1 is 1.62 bits per heavy atom. The van der Waals surface area contributed by atoms with E-state index in [-0.39, 0.29) is 6.04 Å². The molecule has 0 aliphatic rings. The van der Waals surface area contributed by atoms with E-state index in [2.05, 4.69) is 21.9 Å². The third kappa shape index (κ3) is 3.38. The van der Waals surface area contributed by atoms with Gasteiger partial charge in [0, 0.05) is 5.38 Å². The lowest BCUT2D eigenvalue weighted by molar-refractivity contribution is 0.476. The van der Waals surface area contributed by atoms with Crippen molar-refractivity contribution in [2.75, 3.05) is 0 Å². The van der Waals surface area contributed by atoms with Gasteiger partial charge >= 0.3 is 0 Å². The molecule has 0 radical (unpaired) electrons. The van der Waals surface area contributed by atoms with Crippen LogP contribution >= 0.6 is 11.5 Å². The van der Waals surface area contributed by atoms with Gasteiger partial charge in [-0.2, -0.15) is 0 Å². The maximum Gasteiger partial charge on any atom is 0.0938 e. The van der Waals surface area contributed by atoms with E-state index in [1.54, 1.807) is 0 Å². The number of hydrogen-bond donors (Lipinski definition) is 2. The average molecular weight is 200 g/mol. The first-order valence-electron chi connectivity index (χ1n) is 4.61. The molecule has 0 aromatic carbocycles. The summed E-state index contributed by atoms with van der Waals surface area (Å²) >= 11 is 1.37. The summed E-state index contributed by atoms with van der Waals surface area (Å²) < 4.78 is 3.82. The van der Waals surface area contributed by atoms with Gasteiger partial charge in [-0.05, 0) is 18.0 Å². The molecule has 0 aliphatic heterocycles. The summed E-state index contributed by atoms with van der Waals surface area (Å²) in [5.41, 5.74) is 3.73. The van der Waals surface area contributed by atoms with Crippen LogP contribution in [0.2, 0.25) is 0 Å². The second-order valence-electron chi connectivity index (χ2n) is 3.04. The van der Waals surface area contributed by atoms with Gasteiger partial charge < -0.3 is 0 Å². The van der Waals surface area contributed by atoms with Crippen LogP contribution in [0.25, 0.3) is 0 Å². The Kier molecular flexibility index (Phi) is 4.88. The molecule has 74 valence electrons. The van der Waals surface area contributed by atoms with Gasteiger partial charge in [0.25, 0.3) is 0 Å². The van der Waals surface area contributed by atoms with Gasteiger partial charge in [0.1, 0.15) is 0 Å². The fraction of sp³-hybridized carbons (Fsp3) is 0.750. The van der Waals surface area contributed by atoms with Crippen LogP contribution in [0, 0.1) is 0 Å². The number of rotatable bonds is 6. The third-order valence-electron chi connectivity index (χ3n) is 2.03. The third-order valence-corrected chi connectivity index (χ3v) is 2.55. The van der Waals surface area contributed by atoms with Crippen molar-refractivity contribution in [2.45, 2.75) is 38.6 Å². The number of nitrogens with one attached hydrogen (secondary N) is 1. The molecule has 0 amide bonds. The zero-order chi connectivity index (χ0) is 9.52. The Balaban J connectivity index is 2.35. The normalized spacial score (nSPS) is 13.1. The minimum Gasteiger partial charge on any atom is -0.271 e. The first-order chi connectivity index (χ1) is 6.38. The van der Waals surface area contributed by atoms with Gasteiger partial charge in [-0.1, -0.05) is 30.7 Å². The molecule has 5 heteroatoms. The van der Waals surface area contributed by atoms with Crippen molar-refractivity contribution in [1.82, 2.24) is 15.0 Å². The Bertz CT molecular complexity index is 212. The summed E-state index contributed by atoms with van der Waals surface area (Å²) in [6, 6.07) is 0.172. The molecular formula is C8H16N4S. The Morgan fingerprint density at radius 3 is 3.00 bits per heavy atom. The highest BCUT2D eigenvalue weighted by molar-refractivity contribution is 7.03. The van der Waals surface area contributed by atoms with Gasteiger partial charge in [0.05, 0.1) is 11.7 Å². The first-order valence-corrected chi connectivity index (χ1v) is 5.45. The lowest BCUT2D eigenvalue weighted by Crippen LogP contribution is -2.28. The lowest BCUT2D eigenvalue weighted by atomic mass is 10.1. The summed E-state index contributed by atoms with van der Waals surface area (Å²) in [6.07, 6.45) is 4.70. The molecule has 13 heavy (non-hydrogen) atoms. The topological polar surface area (TPSA) is 63.8 Å². The molecule has 1 heterocycles. The Morgan fingerprint density at radius 2 is 2.46 bits per heavy atom. The van der Waals surface area contributed by atoms with E-state index in [9.17, 15) is 0 Å². The number of nitrogens with two attached hydrogens (primary N) is 1. The van der Waals surface area contributed by atoms with E-state index < -0.39 is 0 Å². The molecule has 1 aromatic rings. The van der Waals surface area contributed by atoms with E-state index in [4.69, 9.17) is 5.84 Å². The van der Waals surface area contributed by atoms with Crippen molar-refractivity contribution in [3.8, 4) is 0 Å². The molecule has 0 saturated heterocycles. The van der Waals surface area contributed by atoms with Gasteiger partial charge in [0.15, 0.2) is 0 Å². The van der Waals surface area contributed by atoms with Crippen LogP contribution in [0.15, 0.2) is 5.38 Å². The van der Waals surface area contributed by atoms with Gasteiger partial charge in [-0.15, -0.1) is 5.10 Å². The van der Waals surface area contributed by atoms with Crippen molar-refractivity contribution in [3.63, 3.8) is 0 Å². The van der Waals surface area contributed by atoms with E-state index >= 15 is 0 Å². The summed E-state index contributed by atoms with van der Waals surface area (Å²) in [5, 5.41) is 5.93. The standard InChI is InChI=1S/C8H16N4S/c1-2-3-4-5-7(10-9)8-6-13-12-11-8/h6-7,10H,2-5,9H2,1H3. The van der Waals surface area contributed by atoms with Crippen LogP contribution in [-0.4, -0.2) is 9.59 Å². The van der Waals surface area contributed by atoms with Crippen LogP contribution < -0.4 is 11.3 Å². The number of nitrogens with zero attached hydrogens (tertiary/aromatic N) is 2. The SMILES string of the molecule is CCCCCC(NN)c1csnn1. The predicted octanol–water partition coefficient (Wildman–Crippen LogP) is 1.62. The van der Waals surface area contributed by atoms with Crippen molar-refractivity contribution < 1.29 is 0 Å². The Hall–Kier alpha value is -0.520. The van der Waals surface area contributed by atoms with E-state index in [0.29, 0.717) is 0 Å². The summed E-state index contributed by atoms with van der Waals surface area (Å²) in [4.78, 5) is 0. The van der Waals surface area contributed by atoms with Crippen LogP contribution in [-0.2, 0) is 0 Å². The zero-order valence-corrected chi connectivity index (χ0v) is 8.68. The molecule has 1 atom stereocenters. The molecule has 1 aromatic heterocycles. The first kappa shape index (κ1) is 10.6. The molecule has 0 fully saturated rings. The molecule has 0 saturated carbocycles. The molecule has 0 spiro atoms. The number of aromatic nitrogens is 2. The molecule has 4 nitrogen and oxygen atoms in total. The number of unbranched alkanes of at least 4 members (excludes halogenated alkanes) is 2. The Labute approximate surface area is 82.7 Å². The monoisotopic (exact) mass is 200 g/mol. The highest BCUT2D eigenvalue weighted by Gasteiger charge is 2.11. The minimum absolute atomic E-state index is 0.172. The van der Waals surface area contributed by atoms with Crippen molar-refractivity contribution >= 4 is 11.5 Å². The number of hydrazine groups is 1. The average Bonchev–Trinajstić information content (AvgIpc) is 2.65. The molecule has 0 bridgehead atoms. The second kappa shape index (κ2) is 6.01. The largest absolute Gasteiger partial charge is 0.271 e. The highest BCUT2D eigenvalue weighted by atomic mass is 32.1. The minimum atomic E-state index is 0.172.